The number of pyridine rings is 1. The lowest BCUT2D eigenvalue weighted by Crippen LogP contribution is -2.28. The number of carbonyl (C=O) groups is 2. The third-order valence-electron chi connectivity index (χ3n) is 7.08. The lowest BCUT2D eigenvalue weighted by atomic mass is 9.71. The summed E-state index contributed by atoms with van der Waals surface area (Å²) in [6, 6.07) is 21.8. The van der Waals surface area contributed by atoms with E-state index in [1.165, 1.54) is 11.1 Å². The molecule has 0 fully saturated rings. The molecule has 0 aliphatic heterocycles. The lowest BCUT2D eigenvalue weighted by molar-refractivity contribution is 0.0974. The van der Waals surface area contributed by atoms with E-state index in [-0.39, 0.29) is 22.0 Å². The third kappa shape index (κ3) is 5.62. The first kappa shape index (κ1) is 25.1. The van der Waals surface area contributed by atoms with Crippen LogP contribution in [0.15, 0.2) is 83.5 Å². The van der Waals surface area contributed by atoms with Crippen LogP contribution in [0.5, 0.6) is 0 Å². The van der Waals surface area contributed by atoms with E-state index >= 15 is 0 Å². The van der Waals surface area contributed by atoms with Crippen molar-refractivity contribution in [2.75, 3.05) is 0 Å². The number of hydrogen-bond donors (Lipinski definition) is 0. The second-order valence-corrected chi connectivity index (χ2v) is 10.1. The van der Waals surface area contributed by atoms with Crippen LogP contribution in [0.4, 0.5) is 0 Å². The average molecular weight is 486 g/mol. The zero-order valence-corrected chi connectivity index (χ0v) is 21.3. The summed E-state index contributed by atoms with van der Waals surface area (Å²) in [6.45, 7) is 4.36. The molecule has 2 aromatic carbocycles. The number of fused-ring (bicyclic) bond motifs is 1. The minimum atomic E-state index is -0.291. The molecule has 1 aromatic heterocycles. The summed E-state index contributed by atoms with van der Waals surface area (Å²) in [6.07, 6.45) is 8.29. The molecule has 0 amide bonds. The number of hydrogen-bond acceptors (Lipinski definition) is 3. The Bertz CT molecular complexity index is 1230. The average Bonchev–Trinajstić information content (AvgIpc) is 2.90. The molecule has 4 heteroatoms. The van der Waals surface area contributed by atoms with Crippen molar-refractivity contribution in [2.45, 2.75) is 64.2 Å². The molecular weight excluding hydrogens is 454 g/mol. The molecule has 0 spiro atoms. The molecule has 1 aliphatic rings. The van der Waals surface area contributed by atoms with Gasteiger partial charge in [0.15, 0.2) is 5.78 Å². The van der Waals surface area contributed by atoms with E-state index in [2.05, 4.69) is 49.2 Å². The molecule has 0 bridgehead atoms. The Kier molecular flexibility index (Phi) is 7.97. The number of Topliss-reactive ketones (excluding diaryl/α,β-unsaturated/α-hetero) is 2. The van der Waals surface area contributed by atoms with Gasteiger partial charge in [0.2, 0.25) is 5.78 Å². The standard InChI is InChI=1S/C31H32ClNO2/c1-3-4-19-31(2,21-27-28(32)30(35)26-14-6-5-13-25(26)29(27)34)23-17-15-22(16-18-23)10-9-12-24-11-7-8-20-33-24/h5-8,11,13-18,20H,3-4,9-10,12,19,21H2,1-2H3. The number of carbonyl (C=O) groups excluding carboxylic acids is 2. The van der Waals surface area contributed by atoms with Crippen molar-refractivity contribution >= 4 is 23.2 Å². The summed E-state index contributed by atoms with van der Waals surface area (Å²) in [5.74, 6) is -0.378. The number of benzene rings is 2. The van der Waals surface area contributed by atoms with E-state index in [0.717, 1.165) is 44.2 Å². The van der Waals surface area contributed by atoms with Gasteiger partial charge in [0.05, 0.1) is 5.03 Å². The zero-order valence-electron chi connectivity index (χ0n) is 20.5. The molecule has 3 aromatic rings. The molecule has 0 saturated carbocycles. The molecule has 3 nitrogen and oxygen atoms in total. The van der Waals surface area contributed by atoms with E-state index < -0.39 is 0 Å². The molecule has 0 saturated heterocycles. The largest absolute Gasteiger partial charge is 0.289 e. The molecule has 35 heavy (non-hydrogen) atoms. The van der Waals surface area contributed by atoms with Crippen molar-refractivity contribution < 1.29 is 9.59 Å². The Morgan fingerprint density at radius 2 is 1.51 bits per heavy atom. The van der Waals surface area contributed by atoms with Gasteiger partial charge in [-0.1, -0.05) is 92.9 Å². The quantitative estimate of drug-likeness (QED) is 0.296. The topological polar surface area (TPSA) is 47.0 Å². The van der Waals surface area contributed by atoms with E-state index in [9.17, 15) is 9.59 Å². The summed E-state index contributed by atoms with van der Waals surface area (Å²) in [7, 11) is 0. The molecule has 4 rings (SSSR count). The molecule has 180 valence electrons. The fourth-order valence-corrected chi connectivity index (χ4v) is 5.19. The van der Waals surface area contributed by atoms with Crippen LogP contribution in [0.3, 0.4) is 0 Å². The summed E-state index contributed by atoms with van der Waals surface area (Å²) >= 11 is 6.52. The Balaban J connectivity index is 1.53. The summed E-state index contributed by atoms with van der Waals surface area (Å²) in [5.41, 5.74) is 4.59. The lowest BCUT2D eigenvalue weighted by Gasteiger charge is -2.33. The van der Waals surface area contributed by atoms with Crippen LogP contribution in [-0.2, 0) is 18.3 Å². The number of rotatable bonds is 10. The molecule has 0 radical (unpaired) electrons. The predicted octanol–water partition coefficient (Wildman–Crippen LogP) is 7.67. The van der Waals surface area contributed by atoms with Gasteiger partial charge in [-0.25, -0.2) is 0 Å². The SMILES string of the molecule is CCCCC(C)(CC1=C(Cl)C(=O)c2ccccc2C1=O)c1ccc(CCCc2ccccn2)cc1. The van der Waals surface area contributed by atoms with Crippen LogP contribution >= 0.6 is 11.6 Å². The molecule has 1 unspecified atom stereocenters. The highest BCUT2D eigenvalue weighted by Crippen LogP contribution is 2.40. The van der Waals surface area contributed by atoms with Crippen LogP contribution in [0.2, 0.25) is 0 Å². The fourth-order valence-electron chi connectivity index (χ4n) is 4.94. The number of aromatic nitrogens is 1. The predicted molar refractivity (Wildman–Crippen MR) is 142 cm³/mol. The molecule has 1 atom stereocenters. The van der Waals surface area contributed by atoms with Gasteiger partial charge >= 0.3 is 0 Å². The number of aryl methyl sites for hydroxylation is 2. The molecule has 1 aliphatic carbocycles. The van der Waals surface area contributed by atoms with Crippen molar-refractivity contribution in [3.63, 3.8) is 0 Å². The smallest absolute Gasteiger partial charge is 0.205 e. The van der Waals surface area contributed by atoms with E-state index in [0.29, 0.717) is 23.1 Å². The highest BCUT2D eigenvalue weighted by molar-refractivity contribution is 6.50. The number of ketones is 2. The summed E-state index contributed by atoms with van der Waals surface area (Å²) < 4.78 is 0. The van der Waals surface area contributed by atoms with E-state index in [4.69, 9.17) is 11.6 Å². The summed E-state index contributed by atoms with van der Waals surface area (Å²) in [5, 5.41) is 0.0718. The van der Waals surface area contributed by atoms with Gasteiger partial charge in [0, 0.05) is 28.6 Å². The van der Waals surface area contributed by atoms with Gasteiger partial charge in [0.25, 0.3) is 0 Å². The first-order valence-electron chi connectivity index (χ1n) is 12.5. The van der Waals surface area contributed by atoms with Crippen molar-refractivity contribution in [3.8, 4) is 0 Å². The minimum absolute atomic E-state index is 0.0718. The highest BCUT2D eigenvalue weighted by Gasteiger charge is 2.36. The number of unbranched alkanes of at least 4 members (excludes halogenated alkanes) is 1. The highest BCUT2D eigenvalue weighted by atomic mass is 35.5. The van der Waals surface area contributed by atoms with Gasteiger partial charge in [-0.15, -0.1) is 0 Å². The number of nitrogens with zero attached hydrogens (tertiary/aromatic N) is 1. The van der Waals surface area contributed by atoms with Crippen LogP contribution in [-0.4, -0.2) is 16.6 Å². The maximum atomic E-state index is 13.3. The van der Waals surface area contributed by atoms with Crippen LogP contribution < -0.4 is 0 Å². The second-order valence-electron chi connectivity index (χ2n) is 9.71. The van der Waals surface area contributed by atoms with Crippen molar-refractivity contribution in [2.24, 2.45) is 0 Å². The van der Waals surface area contributed by atoms with Gasteiger partial charge < -0.3 is 0 Å². The van der Waals surface area contributed by atoms with Gasteiger partial charge in [-0.05, 0) is 60.8 Å². The number of halogens is 1. The van der Waals surface area contributed by atoms with Crippen LogP contribution in [0, 0.1) is 0 Å². The van der Waals surface area contributed by atoms with Crippen molar-refractivity contribution in [1.29, 1.82) is 0 Å². The van der Waals surface area contributed by atoms with Crippen LogP contribution in [0.25, 0.3) is 0 Å². The zero-order chi connectivity index (χ0) is 24.8. The Morgan fingerprint density at radius 1 is 0.829 bits per heavy atom. The normalized spacial score (nSPS) is 15.2. The first-order valence-corrected chi connectivity index (χ1v) is 12.9. The maximum Gasteiger partial charge on any atom is 0.205 e. The third-order valence-corrected chi connectivity index (χ3v) is 7.48. The van der Waals surface area contributed by atoms with E-state index in [1.54, 1.807) is 24.3 Å². The minimum Gasteiger partial charge on any atom is -0.289 e. The molecule has 1 heterocycles. The van der Waals surface area contributed by atoms with Crippen LogP contribution in [0.1, 0.15) is 83.5 Å². The summed E-state index contributed by atoms with van der Waals surface area (Å²) in [4.78, 5) is 30.7. The molecular formula is C31H32ClNO2. The fraction of sp³-hybridized carbons (Fsp3) is 0.323. The van der Waals surface area contributed by atoms with Gasteiger partial charge in [-0.3, -0.25) is 14.6 Å². The Hall–Kier alpha value is -3.04. The van der Waals surface area contributed by atoms with Gasteiger partial charge in [0.1, 0.15) is 0 Å². The van der Waals surface area contributed by atoms with Gasteiger partial charge in [-0.2, -0.15) is 0 Å². The van der Waals surface area contributed by atoms with Crippen molar-refractivity contribution in [1.82, 2.24) is 4.98 Å². The Labute approximate surface area is 213 Å². The first-order chi connectivity index (χ1) is 16.9. The maximum absolute atomic E-state index is 13.3. The van der Waals surface area contributed by atoms with Crippen molar-refractivity contribution in [3.05, 3.63) is 111 Å². The second kappa shape index (κ2) is 11.1. The monoisotopic (exact) mass is 485 g/mol. The molecule has 0 N–H and O–H groups in total. The number of allylic oxidation sites excluding steroid dienone is 2. The van der Waals surface area contributed by atoms with E-state index in [1.807, 2.05) is 18.3 Å². The Morgan fingerprint density at radius 3 is 2.17 bits per heavy atom.